The molecule has 2 amide bonds. The molecule has 1 fully saturated rings. The number of aromatic nitrogens is 1. The quantitative estimate of drug-likeness (QED) is 0.660. The number of nitrogens with one attached hydrogen (secondary N) is 1. The lowest BCUT2D eigenvalue weighted by atomic mass is 10.1. The summed E-state index contributed by atoms with van der Waals surface area (Å²) < 4.78 is 0. The van der Waals surface area contributed by atoms with Crippen LogP contribution in [0.3, 0.4) is 0 Å². The number of carbonyl (C=O) groups excluding carboxylic acids is 1. The molecule has 0 saturated carbocycles. The van der Waals surface area contributed by atoms with Crippen molar-refractivity contribution in [2.45, 2.75) is 6.04 Å². The molecule has 2 aliphatic heterocycles. The van der Waals surface area contributed by atoms with Gasteiger partial charge in [-0.25, -0.2) is 14.6 Å². The molecule has 3 N–H and O–H groups in total. The van der Waals surface area contributed by atoms with Crippen molar-refractivity contribution >= 4 is 29.5 Å². The van der Waals surface area contributed by atoms with Crippen LogP contribution >= 0.6 is 0 Å². The molecule has 110 valence electrons. The summed E-state index contributed by atoms with van der Waals surface area (Å²) in [6.45, 7) is 0.653. The maximum atomic E-state index is 12.1. The highest BCUT2D eigenvalue weighted by atomic mass is 16.4. The summed E-state index contributed by atoms with van der Waals surface area (Å²) in [7, 11) is 0. The van der Waals surface area contributed by atoms with Crippen LogP contribution in [0.1, 0.15) is 10.4 Å². The van der Waals surface area contributed by atoms with Crippen LogP contribution in [0.2, 0.25) is 0 Å². The zero-order valence-electron chi connectivity index (χ0n) is 10.8. The van der Waals surface area contributed by atoms with E-state index in [0.29, 0.717) is 18.1 Å². The molecule has 0 aromatic carbocycles. The number of pyridine rings is 1. The number of piperazine rings is 1. The molecular weight excluding hydrogens is 280 g/mol. The SMILES string of the molecule is O=C(O)c1cnc2c(c1)NC(=O)C1CN(C(=O)O)CCN21. The number of hydrogen-bond acceptors (Lipinski definition) is 5. The molecular formula is C12H12N4O5. The van der Waals surface area contributed by atoms with Crippen molar-refractivity contribution in [1.82, 2.24) is 9.88 Å². The van der Waals surface area contributed by atoms with Crippen LogP contribution in [0.5, 0.6) is 0 Å². The number of carboxylic acids is 1. The lowest BCUT2D eigenvalue weighted by Gasteiger charge is -2.43. The Morgan fingerprint density at radius 1 is 1.33 bits per heavy atom. The Balaban J connectivity index is 1.94. The molecule has 1 aromatic rings. The van der Waals surface area contributed by atoms with Crippen molar-refractivity contribution in [2.75, 3.05) is 29.9 Å². The molecule has 3 rings (SSSR count). The van der Waals surface area contributed by atoms with Gasteiger partial charge in [-0.1, -0.05) is 0 Å². The van der Waals surface area contributed by atoms with Crippen molar-refractivity contribution in [3.05, 3.63) is 17.8 Å². The van der Waals surface area contributed by atoms with E-state index in [9.17, 15) is 14.4 Å². The normalized spacial score (nSPS) is 20.4. The van der Waals surface area contributed by atoms with Gasteiger partial charge in [-0.15, -0.1) is 0 Å². The first-order valence-corrected chi connectivity index (χ1v) is 6.26. The summed E-state index contributed by atoms with van der Waals surface area (Å²) in [5, 5.41) is 20.5. The Labute approximate surface area is 118 Å². The topological polar surface area (TPSA) is 123 Å². The Kier molecular flexibility index (Phi) is 2.89. The highest BCUT2D eigenvalue weighted by Crippen LogP contribution is 2.32. The van der Waals surface area contributed by atoms with Crippen molar-refractivity contribution in [2.24, 2.45) is 0 Å². The number of carboxylic acid groups (broad SMARTS) is 2. The van der Waals surface area contributed by atoms with E-state index in [1.165, 1.54) is 17.2 Å². The number of amides is 2. The number of aromatic carboxylic acids is 1. The van der Waals surface area contributed by atoms with E-state index >= 15 is 0 Å². The molecule has 3 heterocycles. The summed E-state index contributed by atoms with van der Waals surface area (Å²) >= 11 is 0. The molecule has 1 unspecified atom stereocenters. The van der Waals surface area contributed by atoms with E-state index in [-0.39, 0.29) is 24.6 Å². The molecule has 0 aliphatic carbocycles. The molecule has 21 heavy (non-hydrogen) atoms. The first-order chi connectivity index (χ1) is 9.97. The maximum Gasteiger partial charge on any atom is 0.407 e. The lowest BCUT2D eigenvalue weighted by Crippen LogP contribution is -2.61. The predicted molar refractivity (Wildman–Crippen MR) is 70.6 cm³/mol. The monoisotopic (exact) mass is 292 g/mol. The summed E-state index contributed by atoms with van der Waals surface area (Å²) in [6, 6.07) is 0.702. The predicted octanol–water partition coefficient (Wildman–Crippen LogP) is -0.0995. The molecule has 2 aliphatic rings. The fourth-order valence-corrected chi connectivity index (χ4v) is 2.55. The van der Waals surface area contributed by atoms with Crippen LogP contribution < -0.4 is 10.2 Å². The molecule has 0 radical (unpaired) electrons. The third-order valence-corrected chi connectivity index (χ3v) is 3.60. The van der Waals surface area contributed by atoms with Crippen molar-refractivity contribution < 1.29 is 24.6 Å². The van der Waals surface area contributed by atoms with E-state index in [4.69, 9.17) is 10.2 Å². The van der Waals surface area contributed by atoms with Gasteiger partial charge in [0, 0.05) is 19.3 Å². The molecule has 0 spiro atoms. The molecule has 1 aromatic heterocycles. The molecule has 9 heteroatoms. The van der Waals surface area contributed by atoms with E-state index in [2.05, 4.69) is 10.3 Å². The van der Waals surface area contributed by atoms with Crippen LogP contribution in [0, 0.1) is 0 Å². The van der Waals surface area contributed by atoms with Gasteiger partial charge in [-0.3, -0.25) is 4.79 Å². The zero-order chi connectivity index (χ0) is 15.1. The van der Waals surface area contributed by atoms with Gasteiger partial charge >= 0.3 is 12.1 Å². The molecule has 1 saturated heterocycles. The smallest absolute Gasteiger partial charge is 0.407 e. The largest absolute Gasteiger partial charge is 0.478 e. The van der Waals surface area contributed by atoms with E-state index < -0.39 is 18.1 Å². The third-order valence-electron chi connectivity index (χ3n) is 3.60. The molecule has 0 bridgehead atoms. The number of rotatable bonds is 1. The Morgan fingerprint density at radius 3 is 2.76 bits per heavy atom. The standard InChI is InChI=1S/C12H12N4O5/c17-10-8-5-15(12(20)21)1-2-16(8)9-7(14-10)3-6(4-13-9)11(18)19/h3-4,8H,1-2,5H2,(H,14,17)(H,18,19)(H,20,21). The van der Waals surface area contributed by atoms with Crippen LogP contribution in [0.4, 0.5) is 16.3 Å². The second-order valence-corrected chi connectivity index (χ2v) is 4.83. The molecule has 9 nitrogen and oxygen atoms in total. The van der Waals surface area contributed by atoms with Gasteiger partial charge < -0.3 is 25.3 Å². The molecule has 1 atom stereocenters. The number of carbonyl (C=O) groups is 3. The fourth-order valence-electron chi connectivity index (χ4n) is 2.55. The van der Waals surface area contributed by atoms with Gasteiger partial charge in [-0.05, 0) is 6.07 Å². The number of nitrogens with zero attached hydrogens (tertiary/aromatic N) is 3. The number of fused-ring (bicyclic) bond motifs is 3. The summed E-state index contributed by atoms with van der Waals surface area (Å²) in [6.07, 6.45) is 0.154. The summed E-state index contributed by atoms with van der Waals surface area (Å²) in [4.78, 5) is 41.0. The minimum absolute atomic E-state index is 0.0170. The first kappa shape index (κ1) is 13.2. The van der Waals surface area contributed by atoms with Gasteiger partial charge in [0.2, 0.25) is 5.91 Å². The Hall–Kier alpha value is -2.84. The van der Waals surface area contributed by atoms with Gasteiger partial charge in [0.15, 0.2) is 5.82 Å². The van der Waals surface area contributed by atoms with Gasteiger partial charge in [0.25, 0.3) is 0 Å². The van der Waals surface area contributed by atoms with E-state index in [1.807, 2.05) is 0 Å². The van der Waals surface area contributed by atoms with Gasteiger partial charge in [0.1, 0.15) is 6.04 Å². The minimum Gasteiger partial charge on any atom is -0.478 e. The van der Waals surface area contributed by atoms with Crippen LogP contribution in [0.15, 0.2) is 12.3 Å². The van der Waals surface area contributed by atoms with Crippen LogP contribution in [0.25, 0.3) is 0 Å². The van der Waals surface area contributed by atoms with E-state index in [1.54, 1.807) is 4.90 Å². The Bertz CT molecular complexity index is 647. The highest BCUT2D eigenvalue weighted by molar-refractivity contribution is 6.04. The lowest BCUT2D eigenvalue weighted by molar-refractivity contribution is -0.118. The zero-order valence-corrected chi connectivity index (χ0v) is 10.8. The third kappa shape index (κ3) is 2.12. The highest BCUT2D eigenvalue weighted by Gasteiger charge is 2.39. The first-order valence-electron chi connectivity index (χ1n) is 6.26. The second kappa shape index (κ2) is 4.62. The number of hydrogen-bond donors (Lipinski definition) is 3. The summed E-state index contributed by atoms with van der Waals surface area (Å²) in [5.74, 6) is -1.02. The average Bonchev–Trinajstić information content (AvgIpc) is 2.46. The maximum absolute atomic E-state index is 12.1. The number of anilines is 2. The fraction of sp³-hybridized carbons (Fsp3) is 0.333. The minimum atomic E-state index is -1.13. The van der Waals surface area contributed by atoms with E-state index in [0.717, 1.165) is 0 Å². The van der Waals surface area contributed by atoms with Crippen molar-refractivity contribution in [3.8, 4) is 0 Å². The second-order valence-electron chi connectivity index (χ2n) is 4.83. The van der Waals surface area contributed by atoms with Gasteiger partial charge in [0.05, 0.1) is 17.8 Å². The summed E-state index contributed by atoms with van der Waals surface area (Å²) in [5.41, 5.74) is 0.316. The van der Waals surface area contributed by atoms with Crippen LogP contribution in [-0.2, 0) is 4.79 Å². The Morgan fingerprint density at radius 2 is 2.10 bits per heavy atom. The van der Waals surface area contributed by atoms with Crippen molar-refractivity contribution in [1.29, 1.82) is 0 Å². The average molecular weight is 292 g/mol. The van der Waals surface area contributed by atoms with Crippen molar-refractivity contribution in [3.63, 3.8) is 0 Å². The van der Waals surface area contributed by atoms with Crippen LogP contribution in [-0.4, -0.2) is 63.7 Å². The van der Waals surface area contributed by atoms with Gasteiger partial charge in [-0.2, -0.15) is 0 Å².